The molecule has 0 atom stereocenters. The van der Waals surface area contributed by atoms with Crippen LogP contribution in [0.2, 0.25) is 0 Å². The second kappa shape index (κ2) is 8.98. The molecule has 3 rings (SSSR count). The van der Waals surface area contributed by atoms with Crippen molar-refractivity contribution in [3.63, 3.8) is 0 Å². The maximum absolute atomic E-state index is 12.4. The van der Waals surface area contributed by atoms with Crippen molar-refractivity contribution in [2.24, 2.45) is 0 Å². The summed E-state index contributed by atoms with van der Waals surface area (Å²) in [7, 11) is -3.55. The zero-order valence-corrected chi connectivity index (χ0v) is 18.4. The number of amides is 1. The molecule has 1 amide bonds. The van der Waals surface area contributed by atoms with E-state index in [-0.39, 0.29) is 10.8 Å². The molecule has 0 saturated carbocycles. The number of sulfonamides is 1. The SMILES string of the molecule is CC(C)(C)NS(=O)(=O)c1ccc(CCC(=O)NCc2cccc3ccccc23)cc1. The Morgan fingerprint density at radius 2 is 1.57 bits per heavy atom. The fourth-order valence-electron chi connectivity index (χ4n) is 3.28. The first kappa shape index (κ1) is 22.0. The van der Waals surface area contributed by atoms with E-state index >= 15 is 0 Å². The van der Waals surface area contributed by atoms with Crippen LogP contribution in [0.1, 0.15) is 38.3 Å². The molecule has 3 aromatic carbocycles. The average Bonchev–Trinajstić information content (AvgIpc) is 2.69. The topological polar surface area (TPSA) is 75.3 Å². The van der Waals surface area contributed by atoms with Gasteiger partial charge in [-0.05, 0) is 61.2 Å². The van der Waals surface area contributed by atoms with Crippen LogP contribution in [0, 0.1) is 0 Å². The van der Waals surface area contributed by atoms with E-state index in [4.69, 9.17) is 0 Å². The van der Waals surface area contributed by atoms with Gasteiger partial charge in [0, 0.05) is 18.5 Å². The fourth-order valence-corrected chi connectivity index (χ4v) is 4.70. The first-order chi connectivity index (χ1) is 14.1. The molecule has 0 radical (unpaired) electrons. The lowest BCUT2D eigenvalue weighted by molar-refractivity contribution is -0.121. The summed E-state index contributed by atoms with van der Waals surface area (Å²) in [4.78, 5) is 12.5. The number of carbonyl (C=O) groups is 1. The summed E-state index contributed by atoms with van der Waals surface area (Å²) in [5.74, 6) is -0.0333. The second-order valence-electron chi connectivity index (χ2n) is 8.41. The van der Waals surface area contributed by atoms with E-state index in [1.807, 2.05) is 24.3 Å². The molecule has 0 aliphatic rings. The Morgan fingerprint density at radius 1 is 0.900 bits per heavy atom. The number of hydrogen-bond donors (Lipinski definition) is 2. The summed E-state index contributed by atoms with van der Waals surface area (Å²) in [5.41, 5.74) is 1.46. The van der Waals surface area contributed by atoms with Gasteiger partial charge in [-0.15, -0.1) is 0 Å². The van der Waals surface area contributed by atoms with Crippen LogP contribution in [0.4, 0.5) is 0 Å². The third kappa shape index (κ3) is 5.90. The molecular formula is C24H28N2O3S. The minimum Gasteiger partial charge on any atom is -0.352 e. The molecule has 6 heteroatoms. The van der Waals surface area contributed by atoms with Crippen LogP contribution in [-0.4, -0.2) is 19.9 Å². The third-order valence-electron chi connectivity index (χ3n) is 4.67. The first-order valence-corrected chi connectivity index (χ1v) is 11.5. The Hall–Kier alpha value is -2.70. The minimum atomic E-state index is -3.55. The Morgan fingerprint density at radius 3 is 2.27 bits per heavy atom. The van der Waals surface area contributed by atoms with Gasteiger partial charge >= 0.3 is 0 Å². The molecule has 0 aliphatic heterocycles. The number of carbonyl (C=O) groups excluding carboxylic acids is 1. The average molecular weight is 425 g/mol. The molecule has 5 nitrogen and oxygen atoms in total. The highest BCUT2D eigenvalue weighted by Crippen LogP contribution is 2.18. The van der Waals surface area contributed by atoms with E-state index in [2.05, 4.69) is 28.2 Å². The summed E-state index contributed by atoms with van der Waals surface area (Å²) < 4.78 is 27.4. The third-order valence-corrected chi connectivity index (χ3v) is 6.44. The van der Waals surface area contributed by atoms with Gasteiger partial charge in [-0.25, -0.2) is 13.1 Å². The lowest BCUT2D eigenvalue weighted by atomic mass is 10.0. The molecule has 0 aromatic heterocycles. The molecular weight excluding hydrogens is 396 g/mol. The second-order valence-corrected chi connectivity index (χ2v) is 10.1. The van der Waals surface area contributed by atoms with Gasteiger partial charge in [-0.3, -0.25) is 4.79 Å². The Balaban J connectivity index is 1.55. The van der Waals surface area contributed by atoms with Crippen molar-refractivity contribution in [3.8, 4) is 0 Å². The molecule has 0 heterocycles. The van der Waals surface area contributed by atoms with E-state index in [1.165, 1.54) is 0 Å². The Bertz CT molecular complexity index is 1130. The largest absolute Gasteiger partial charge is 0.352 e. The highest BCUT2D eigenvalue weighted by molar-refractivity contribution is 7.89. The lowest BCUT2D eigenvalue weighted by Gasteiger charge is -2.20. The van der Waals surface area contributed by atoms with E-state index in [9.17, 15) is 13.2 Å². The molecule has 0 bridgehead atoms. The van der Waals surface area contributed by atoms with Crippen LogP contribution in [0.15, 0.2) is 71.6 Å². The van der Waals surface area contributed by atoms with Crippen molar-refractivity contribution in [2.45, 2.75) is 50.6 Å². The predicted octanol–water partition coefficient (Wildman–Crippen LogP) is 4.17. The van der Waals surface area contributed by atoms with Crippen LogP contribution >= 0.6 is 0 Å². The van der Waals surface area contributed by atoms with Crippen molar-refractivity contribution in [2.75, 3.05) is 0 Å². The van der Waals surface area contributed by atoms with Crippen molar-refractivity contribution < 1.29 is 13.2 Å². The molecule has 0 aliphatic carbocycles. The Kier molecular flexibility index (Phi) is 6.58. The zero-order valence-electron chi connectivity index (χ0n) is 17.6. The highest BCUT2D eigenvalue weighted by Gasteiger charge is 2.21. The van der Waals surface area contributed by atoms with Crippen molar-refractivity contribution >= 4 is 26.7 Å². The first-order valence-electron chi connectivity index (χ1n) is 10.0. The lowest BCUT2D eigenvalue weighted by Crippen LogP contribution is -2.40. The molecule has 2 N–H and O–H groups in total. The van der Waals surface area contributed by atoms with Crippen LogP contribution < -0.4 is 10.0 Å². The predicted molar refractivity (Wildman–Crippen MR) is 121 cm³/mol. The van der Waals surface area contributed by atoms with Gasteiger partial charge in [0.2, 0.25) is 15.9 Å². The maximum atomic E-state index is 12.4. The molecule has 0 unspecified atom stereocenters. The smallest absolute Gasteiger partial charge is 0.241 e. The van der Waals surface area contributed by atoms with Gasteiger partial charge in [0.05, 0.1) is 4.90 Å². The van der Waals surface area contributed by atoms with Crippen molar-refractivity contribution in [3.05, 3.63) is 77.9 Å². The summed E-state index contributed by atoms with van der Waals surface area (Å²) in [6, 6.07) is 20.9. The Labute approximate surface area is 178 Å². The van der Waals surface area contributed by atoms with Gasteiger partial charge < -0.3 is 5.32 Å². The highest BCUT2D eigenvalue weighted by atomic mass is 32.2. The molecule has 0 spiro atoms. The quantitative estimate of drug-likeness (QED) is 0.598. The molecule has 158 valence electrons. The monoisotopic (exact) mass is 424 g/mol. The van der Waals surface area contributed by atoms with Gasteiger partial charge in [0.25, 0.3) is 0 Å². The summed E-state index contributed by atoms with van der Waals surface area (Å²) >= 11 is 0. The van der Waals surface area contributed by atoms with Crippen molar-refractivity contribution in [1.29, 1.82) is 0 Å². The molecule has 30 heavy (non-hydrogen) atoms. The number of hydrogen-bond acceptors (Lipinski definition) is 3. The number of nitrogens with one attached hydrogen (secondary N) is 2. The minimum absolute atomic E-state index is 0.0333. The number of aryl methyl sites for hydroxylation is 1. The van der Waals surface area contributed by atoms with E-state index in [1.54, 1.807) is 45.0 Å². The van der Waals surface area contributed by atoms with E-state index in [0.717, 1.165) is 21.9 Å². The zero-order chi connectivity index (χ0) is 21.8. The van der Waals surface area contributed by atoms with Gasteiger partial charge in [0.15, 0.2) is 0 Å². The van der Waals surface area contributed by atoms with Crippen LogP contribution in [0.25, 0.3) is 10.8 Å². The van der Waals surface area contributed by atoms with E-state index in [0.29, 0.717) is 19.4 Å². The van der Waals surface area contributed by atoms with E-state index < -0.39 is 15.6 Å². The van der Waals surface area contributed by atoms with Crippen LogP contribution in [0.3, 0.4) is 0 Å². The number of fused-ring (bicyclic) bond motifs is 1. The molecule has 3 aromatic rings. The van der Waals surface area contributed by atoms with Gasteiger partial charge in [-0.1, -0.05) is 54.6 Å². The molecule has 0 fully saturated rings. The standard InChI is InChI=1S/C24H28N2O3S/c1-24(2,3)26-30(28,29)21-14-11-18(12-15-21)13-16-23(27)25-17-20-9-6-8-19-7-4-5-10-22(19)20/h4-12,14-15,26H,13,16-17H2,1-3H3,(H,25,27). The van der Waals surface area contributed by atoms with Crippen LogP contribution in [-0.2, 0) is 27.8 Å². The fraction of sp³-hybridized carbons (Fsp3) is 0.292. The normalized spacial score (nSPS) is 12.1. The van der Waals surface area contributed by atoms with Crippen LogP contribution in [0.5, 0.6) is 0 Å². The summed E-state index contributed by atoms with van der Waals surface area (Å²) in [5, 5.41) is 5.27. The van der Waals surface area contributed by atoms with Gasteiger partial charge in [-0.2, -0.15) is 0 Å². The number of rotatable bonds is 7. The summed E-state index contributed by atoms with van der Waals surface area (Å²) in [6.45, 7) is 5.89. The van der Waals surface area contributed by atoms with Crippen molar-refractivity contribution in [1.82, 2.24) is 10.0 Å². The maximum Gasteiger partial charge on any atom is 0.241 e. The number of benzene rings is 3. The van der Waals surface area contributed by atoms with Gasteiger partial charge in [0.1, 0.15) is 0 Å². The molecule has 0 saturated heterocycles. The summed E-state index contributed by atoms with van der Waals surface area (Å²) in [6.07, 6.45) is 0.894.